The molecule has 0 heterocycles. The average Bonchev–Trinajstić information content (AvgIpc) is 2.82. The number of amides is 1. The van der Waals surface area contributed by atoms with E-state index in [1.807, 2.05) is 18.2 Å². The molecule has 1 saturated carbocycles. The van der Waals surface area contributed by atoms with E-state index >= 15 is 0 Å². The molecule has 0 bridgehead atoms. The summed E-state index contributed by atoms with van der Waals surface area (Å²) in [6.45, 7) is 0. The highest BCUT2D eigenvalue weighted by Crippen LogP contribution is 2.36. The maximum atomic E-state index is 12.3. The summed E-state index contributed by atoms with van der Waals surface area (Å²) in [6.07, 6.45) is 4.08. The number of rotatable bonds is 6. The zero-order chi connectivity index (χ0) is 22.0. The van der Waals surface area contributed by atoms with Gasteiger partial charge in [0, 0.05) is 19.0 Å². The molecule has 1 aliphatic rings. The number of para-hydroxylation sites is 1. The van der Waals surface area contributed by atoms with E-state index in [1.54, 1.807) is 12.1 Å². The molecule has 2 atom stereocenters. The van der Waals surface area contributed by atoms with Crippen LogP contribution in [0.25, 0.3) is 0 Å². The van der Waals surface area contributed by atoms with Crippen LogP contribution < -0.4 is 26.8 Å². The van der Waals surface area contributed by atoms with E-state index in [-0.39, 0.29) is 40.3 Å². The van der Waals surface area contributed by atoms with Gasteiger partial charge in [0.2, 0.25) is 0 Å². The Labute approximate surface area is 179 Å². The summed E-state index contributed by atoms with van der Waals surface area (Å²) >= 11 is 0. The van der Waals surface area contributed by atoms with E-state index in [9.17, 15) is 19.5 Å². The summed E-state index contributed by atoms with van der Waals surface area (Å²) < 4.78 is 0. The zero-order valence-corrected chi connectivity index (χ0v) is 17.3. The Hall–Kier alpha value is -3.61. The minimum atomic E-state index is -0.640. The first-order valence-corrected chi connectivity index (χ1v) is 10.5. The predicted octanol–water partition coefficient (Wildman–Crippen LogP) is 3.23. The first-order valence-electron chi connectivity index (χ1n) is 10.5. The second-order valence-electron chi connectivity index (χ2n) is 7.87. The molecule has 7 heteroatoms. The van der Waals surface area contributed by atoms with E-state index in [0.29, 0.717) is 0 Å². The highest BCUT2D eigenvalue weighted by Gasteiger charge is 2.31. The summed E-state index contributed by atoms with van der Waals surface area (Å²) in [5.41, 5.74) is 0.635. The van der Waals surface area contributed by atoms with Crippen molar-refractivity contribution in [3.63, 3.8) is 0 Å². The summed E-state index contributed by atoms with van der Waals surface area (Å²) in [5.74, 6) is -0.477. The van der Waals surface area contributed by atoms with Crippen LogP contribution in [0, 0.1) is 0 Å². The van der Waals surface area contributed by atoms with Crippen LogP contribution in [0.5, 0.6) is 5.75 Å². The molecule has 7 nitrogen and oxygen atoms in total. The second kappa shape index (κ2) is 8.63. The second-order valence-corrected chi connectivity index (χ2v) is 7.87. The van der Waals surface area contributed by atoms with Gasteiger partial charge in [0.1, 0.15) is 11.4 Å². The van der Waals surface area contributed by atoms with Crippen LogP contribution in [0.2, 0.25) is 0 Å². The van der Waals surface area contributed by atoms with Crippen LogP contribution in [0.3, 0.4) is 0 Å². The van der Waals surface area contributed by atoms with Crippen molar-refractivity contribution in [3.05, 3.63) is 80.1 Å². The van der Waals surface area contributed by atoms with Crippen molar-refractivity contribution >= 4 is 23.0 Å². The first kappa shape index (κ1) is 20.7. The van der Waals surface area contributed by atoms with Gasteiger partial charge in [0.15, 0.2) is 5.75 Å². The SMILES string of the molecule is CNC(=O)c1cccc(Nc2c(N[C@@H]3CCCC[C@H]3c3ccccc3)c(=O)c2=O)c1O. The molecule has 0 saturated heterocycles. The van der Waals surface area contributed by atoms with Crippen molar-refractivity contribution in [2.45, 2.75) is 37.6 Å². The zero-order valence-electron chi connectivity index (χ0n) is 17.3. The smallest absolute Gasteiger partial charge is 0.254 e. The van der Waals surface area contributed by atoms with Crippen LogP contribution in [-0.4, -0.2) is 24.1 Å². The number of phenols is 1. The third-order valence-electron chi connectivity index (χ3n) is 6.00. The average molecular weight is 419 g/mol. The summed E-state index contributed by atoms with van der Waals surface area (Å²) in [4.78, 5) is 36.6. The largest absolute Gasteiger partial charge is 0.505 e. The van der Waals surface area contributed by atoms with E-state index in [1.165, 1.54) is 18.7 Å². The lowest BCUT2D eigenvalue weighted by molar-refractivity contribution is 0.0960. The number of phenolic OH excluding ortho intramolecular Hbond substituents is 1. The van der Waals surface area contributed by atoms with Crippen LogP contribution in [-0.2, 0) is 0 Å². The van der Waals surface area contributed by atoms with Gasteiger partial charge in [-0.15, -0.1) is 0 Å². The van der Waals surface area contributed by atoms with Crippen molar-refractivity contribution < 1.29 is 9.90 Å². The fourth-order valence-corrected chi connectivity index (χ4v) is 4.33. The lowest BCUT2D eigenvalue weighted by atomic mass is 9.79. The van der Waals surface area contributed by atoms with Crippen molar-refractivity contribution in [2.75, 3.05) is 17.7 Å². The molecule has 4 rings (SSSR count). The number of carbonyl (C=O) groups is 1. The fourth-order valence-electron chi connectivity index (χ4n) is 4.33. The summed E-state index contributed by atoms with van der Waals surface area (Å²) in [5, 5.41) is 19.1. The van der Waals surface area contributed by atoms with E-state index in [2.05, 4.69) is 28.1 Å². The van der Waals surface area contributed by atoms with Gasteiger partial charge in [-0.1, -0.05) is 49.2 Å². The molecular weight excluding hydrogens is 394 g/mol. The first-order chi connectivity index (χ1) is 15.0. The molecule has 0 aromatic heterocycles. The molecule has 3 aromatic rings. The molecule has 0 spiro atoms. The third-order valence-corrected chi connectivity index (χ3v) is 6.00. The molecule has 1 fully saturated rings. The molecule has 31 heavy (non-hydrogen) atoms. The Morgan fingerprint density at radius 3 is 2.39 bits per heavy atom. The van der Waals surface area contributed by atoms with E-state index < -0.39 is 16.8 Å². The van der Waals surface area contributed by atoms with Crippen LogP contribution in [0.4, 0.5) is 17.1 Å². The third kappa shape index (κ3) is 3.91. The molecule has 1 aliphatic carbocycles. The summed E-state index contributed by atoms with van der Waals surface area (Å²) in [7, 11) is 1.47. The monoisotopic (exact) mass is 419 g/mol. The van der Waals surface area contributed by atoms with Crippen LogP contribution in [0.15, 0.2) is 58.1 Å². The Morgan fingerprint density at radius 1 is 0.935 bits per heavy atom. The summed E-state index contributed by atoms with van der Waals surface area (Å²) in [6, 6.07) is 14.8. The molecule has 160 valence electrons. The standard InChI is InChI=1S/C24H25N3O4/c1-25-24(31)16-11-7-13-18(21(16)28)27-20-19(22(29)23(20)30)26-17-12-6-5-10-15(17)14-8-3-2-4-9-14/h2-4,7-9,11,13,15,17,26-28H,5-6,10,12H2,1H3,(H,25,31)/t15-,17+/m0/s1. The molecule has 3 aromatic carbocycles. The van der Waals surface area contributed by atoms with Crippen LogP contribution in [0.1, 0.15) is 47.5 Å². The van der Waals surface area contributed by atoms with Gasteiger partial charge in [-0.3, -0.25) is 14.4 Å². The minimum Gasteiger partial charge on any atom is -0.505 e. The van der Waals surface area contributed by atoms with Crippen LogP contribution >= 0.6 is 0 Å². The van der Waals surface area contributed by atoms with Gasteiger partial charge < -0.3 is 21.1 Å². The topological polar surface area (TPSA) is 108 Å². The molecule has 4 N–H and O–H groups in total. The normalized spacial score (nSPS) is 18.5. The predicted molar refractivity (Wildman–Crippen MR) is 121 cm³/mol. The number of benzene rings is 2. The molecule has 0 unspecified atom stereocenters. The van der Waals surface area contributed by atoms with Crippen molar-refractivity contribution in [1.29, 1.82) is 0 Å². The number of nitrogens with one attached hydrogen (secondary N) is 3. The van der Waals surface area contributed by atoms with Gasteiger partial charge in [0.05, 0.1) is 11.3 Å². The lowest BCUT2D eigenvalue weighted by Gasteiger charge is -2.34. The van der Waals surface area contributed by atoms with Gasteiger partial charge in [-0.25, -0.2) is 0 Å². The quantitative estimate of drug-likeness (QED) is 0.361. The van der Waals surface area contributed by atoms with Gasteiger partial charge in [0.25, 0.3) is 16.8 Å². The molecule has 0 aliphatic heterocycles. The van der Waals surface area contributed by atoms with Gasteiger partial charge in [-0.05, 0) is 30.5 Å². The van der Waals surface area contributed by atoms with E-state index in [0.717, 1.165) is 25.7 Å². The Morgan fingerprint density at radius 2 is 1.65 bits per heavy atom. The van der Waals surface area contributed by atoms with Crippen molar-refractivity contribution in [3.8, 4) is 5.75 Å². The molecule has 0 radical (unpaired) electrons. The van der Waals surface area contributed by atoms with Gasteiger partial charge >= 0.3 is 0 Å². The minimum absolute atomic E-state index is 0.0331. The maximum Gasteiger partial charge on any atom is 0.254 e. The maximum absolute atomic E-state index is 12.3. The number of anilines is 3. The van der Waals surface area contributed by atoms with Crippen molar-refractivity contribution in [2.24, 2.45) is 0 Å². The number of hydrogen-bond donors (Lipinski definition) is 4. The lowest BCUT2D eigenvalue weighted by Crippen LogP contribution is -2.41. The number of aromatic hydroxyl groups is 1. The molecular formula is C24H25N3O4. The highest BCUT2D eigenvalue weighted by atomic mass is 16.3. The number of carbonyl (C=O) groups excluding carboxylic acids is 1. The van der Waals surface area contributed by atoms with Gasteiger partial charge in [-0.2, -0.15) is 0 Å². The van der Waals surface area contributed by atoms with Crippen molar-refractivity contribution in [1.82, 2.24) is 5.32 Å². The Balaban J connectivity index is 1.60. The van der Waals surface area contributed by atoms with E-state index in [4.69, 9.17) is 0 Å². The Bertz CT molecular complexity index is 1170. The highest BCUT2D eigenvalue weighted by molar-refractivity contribution is 5.99. The fraction of sp³-hybridized carbons (Fsp3) is 0.292. The number of hydrogen-bond acceptors (Lipinski definition) is 6. The molecule has 1 amide bonds. The Kier molecular flexibility index (Phi) is 5.75.